The molecule has 5 aromatic rings. The average Bonchev–Trinajstić information content (AvgIpc) is 3.49. The van der Waals surface area contributed by atoms with Crippen molar-refractivity contribution in [2.75, 3.05) is 10.6 Å². The van der Waals surface area contributed by atoms with Gasteiger partial charge in [-0.05, 0) is 53.7 Å². The molecule has 2 aromatic carbocycles. The molecule has 3 N–H and O–H groups in total. The summed E-state index contributed by atoms with van der Waals surface area (Å²) in [6, 6.07) is 16.1. The Kier molecular flexibility index (Phi) is 5.60. The molecule has 0 saturated carbocycles. The number of hydrogen-bond acceptors (Lipinski definition) is 6. The lowest BCUT2D eigenvalue weighted by atomic mass is 10.1. The molecular weight excluding hydrogens is 500 g/mol. The van der Waals surface area contributed by atoms with Crippen LogP contribution < -0.4 is 10.6 Å². The fourth-order valence-corrected chi connectivity index (χ4v) is 3.96. The van der Waals surface area contributed by atoms with E-state index in [1.165, 1.54) is 6.20 Å². The van der Waals surface area contributed by atoms with Gasteiger partial charge in [-0.2, -0.15) is 5.21 Å². The summed E-state index contributed by atoms with van der Waals surface area (Å²) < 4.78 is 2.59. The zero-order valence-electron chi connectivity index (χ0n) is 17.8. The summed E-state index contributed by atoms with van der Waals surface area (Å²) in [7, 11) is 1.80. The lowest BCUT2D eigenvalue weighted by Gasteiger charge is -2.10. The highest BCUT2D eigenvalue weighted by Crippen LogP contribution is 2.29. The first-order valence-electron chi connectivity index (χ1n) is 10.1. The molecule has 11 heteroatoms. The van der Waals surface area contributed by atoms with E-state index in [2.05, 4.69) is 52.2 Å². The van der Waals surface area contributed by atoms with Gasteiger partial charge in [0.1, 0.15) is 5.69 Å². The van der Waals surface area contributed by atoms with Crippen LogP contribution in [0.25, 0.3) is 22.3 Å². The predicted molar refractivity (Wildman–Crippen MR) is 130 cm³/mol. The van der Waals surface area contributed by atoms with Gasteiger partial charge in [-0.3, -0.25) is 14.6 Å². The van der Waals surface area contributed by atoms with Gasteiger partial charge in [-0.1, -0.05) is 22.0 Å². The van der Waals surface area contributed by atoms with E-state index in [0.29, 0.717) is 34.0 Å². The van der Waals surface area contributed by atoms with Crippen molar-refractivity contribution in [3.63, 3.8) is 0 Å². The van der Waals surface area contributed by atoms with E-state index in [0.717, 1.165) is 15.4 Å². The molecular formula is C23H17BrN8O2. The first kappa shape index (κ1) is 21.5. The summed E-state index contributed by atoms with van der Waals surface area (Å²) >= 11 is 3.43. The number of H-pyrrole nitrogens is 1. The van der Waals surface area contributed by atoms with Crippen molar-refractivity contribution in [1.82, 2.24) is 30.2 Å². The Morgan fingerprint density at radius 2 is 1.91 bits per heavy atom. The number of nitrogens with one attached hydrogen (secondary N) is 3. The van der Waals surface area contributed by atoms with Crippen LogP contribution in [0.5, 0.6) is 0 Å². The minimum atomic E-state index is -0.299. The molecule has 168 valence electrons. The third kappa shape index (κ3) is 4.16. The highest BCUT2D eigenvalue weighted by Gasteiger charge is 2.18. The molecule has 0 unspecified atom stereocenters. The first-order chi connectivity index (χ1) is 16.5. The third-order valence-electron chi connectivity index (χ3n) is 5.28. The van der Waals surface area contributed by atoms with Crippen LogP contribution in [0.2, 0.25) is 0 Å². The van der Waals surface area contributed by atoms with Crippen LogP contribution in [0.15, 0.2) is 71.5 Å². The van der Waals surface area contributed by atoms with Crippen LogP contribution in [0.1, 0.15) is 20.8 Å². The number of aryl methyl sites for hydroxylation is 1. The number of rotatable bonds is 5. The van der Waals surface area contributed by atoms with E-state index in [4.69, 9.17) is 0 Å². The predicted octanol–water partition coefficient (Wildman–Crippen LogP) is 4.02. The number of fused-ring (bicyclic) bond motifs is 1. The van der Waals surface area contributed by atoms with Crippen molar-refractivity contribution in [2.24, 2.45) is 7.05 Å². The number of pyridine rings is 1. The van der Waals surface area contributed by atoms with Crippen LogP contribution >= 0.6 is 15.9 Å². The minimum absolute atomic E-state index is 0.260. The lowest BCUT2D eigenvalue weighted by molar-refractivity contribution is 0.101. The van der Waals surface area contributed by atoms with Crippen molar-refractivity contribution in [3.8, 4) is 11.4 Å². The van der Waals surface area contributed by atoms with Crippen LogP contribution in [-0.2, 0) is 7.05 Å². The number of nitrogens with zero attached hydrogens (tertiary/aromatic N) is 5. The van der Waals surface area contributed by atoms with Gasteiger partial charge in [0.15, 0.2) is 0 Å². The summed E-state index contributed by atoms with van der Waals surface area (Å²) in [5, 5.41) is 20.7. The smallest absolute Gasteiger partial charge is 0.272 e. The number of carbonyl (C=O) groups is 2. The summed E-state index contributed by atoms with van der Waals surface area (Å²) in [5.74, 6) is -0.196. The van der Waals surface area contributed by atoms with Crippen LogP contribution in [0.4, 0.5) is 11.4 Å². The quantitative estimate of drug-likeness (QED) is 0.323. The topological polar surface area (TPSA) is 130 Å². The Bertz CT molecular complexity index is 1510. The number of halogens is 1. The van der Waals surface area contributed by atoms with Crippen LogP contribution in [0.3, 0.4) is 0 Å². The average molecular weight is 517 g/mol. The van der Waals surface area contributed by atoms with Gasteiger partial charge in [0, 0.05) is 40.6 Å². The van der Waals surface area contributed by atoms with Gasteiger partial charge >= 0.3 is 0 Å². The third-order valence-corrected chi connectivity index (χ3v) is 5.77. The second-order valence-electron chi connectivity index (χ2n) is 7.44. The Morgan fingerprint density at radius 3 is 2.68 bits per heavy atom. The zero-order chi connectivity index (χ0) is 23.7. The molecule has 3 aromatic heterocycles. The van der Waals surface area contributed by atoms with Gasteiger partial charge < -0.3 is 15.2 Å². The summed E-state index contributed by atoms with van der Waals surface area (Å²) in [6.45, 7) is 0. The molecule has 0 bridgehead atoms. The Labute approximate surface area is 201 Å². The molecule has 5 rings (SSSR count). The molecule has 0 spiro atoms. The molecule has 0 aliphatic rings. The number of aromatic amines is 1. The number of aromatic nitrogens is 6. The van der Waals surface area contributed by atoms with E-state index in [1.807, 2.05) is 18.2 Å². The lowest BCUT2D eigenvalue weighted by Crippen LogP contribution is -2.16. The number of anilines is 2. The maximum absolute atomic E-state index is 13.2. The van der Waals surface area contributed by atoms with Gasteiger partial charge in [0.25, 0.3) is 11.8 Å². The van der Waals surface area contributed by atoms with Crippen molar-refractivity contribution in [1.29, 1.82) is 0 Å². The SMILES string of the molecule is Cn1c(C(=O)Nc2ccc(Br)cc2-c2nn[nH]n2)cc2ccc(NC(=O)c3cccnc3)cc21. The molecule has 10 nitrogen and oxygen atoms in total. The van der Waals surface area contributed by atoms with E-state index >= 15 is 0 Å². The first-order valence-corrected chi connectivity index (χ1v) is 10.9. The second-order valence-corrected chi connectivity index (χ2v) is 8.35. The largest absolute Gasteiger partial charge is 0.340 e. The Hall–Kier alpha value is -4.38. The molecule has 0 aliphatic carbocycles. The monoisotopic (exact) mass is 516 g/mol. The number of benzene rings is 2. The van der Waals surface area contributed by atoms with E-state index in [-0.39, 0.29) is 11.8 Å². The van der Waals surface area contributed by atoms with Crippen LogP contribution in [-0.4, -0.2) is 42.0 Å². The number of tetrazole rings is 1. The fourth-order valence-electron chi connectivity index (χ4n) is 3.60. The highest BCUT2D eigenvalue weighted by atomic mass is 79.9. The van der Waals surface area contributed by atoms with Gasteiger partial charge in [-0.25, -0.2) is 0 Å². The minimum Gasteiger partial charge on any atom is -0.340 e. The second kappa shape index (κ2) is 8.87. The maximum atomic E-state index is 13.2. The number of amides is 2. The summed E-state index contributed by atoms with van der Waals surface area (Å²) in [4.78, 5) is 29.6. The molecule has 34 heavy (non-hydrogen) atoms. The van der Waals surface area contributed by atoms with E-state index < -0.39 is 0 Å². The zero-order valence-corrected chi connectivity index (χ0v) is 19.4. The van der Waals surface area contributed by atoms with Gasteiger partial charge in [0.05, 0.1) is 16.8 Å². The highest BCUT2D eigenvalue weighted by molar-refractivity contribution is 9.10. The Morgan fingerprint density at radius 1 is 1.03 bits per heavy atom. The van der Waals surface area contributed by atoms with Crippen molar-refractivity contribution in [3.05, 3.63) is 82.7 Å². The van der Waals surface area contributed by atoms with Crippen molar-refractivity contribution >= 4 is 50.0 Å². The van der Waals surface area contributed by atoms with E-state index in [9.17, 15) is 9.59 Å². The van der Waals surface area contributed by atoms with E-state index in [1.54, 1.807) is 54.2 Å². The van der Waals surface area contributed by atoms with Gasteiger partial charge in [-0.15, -0.1) is 10.2 Å². The number of hydrogen-bond donors (Lipinski definition) is 3. The van der Waals surface area contributed by atoms with Crippen LogP contribution in [0, 0.1) is 0 Å². The van der Waals surface area contributed by atoms with Crippen molar-refractivity contribution < 1.29 is 9.59 Å². The number of carbonyl (C=O) groups excluding carboxylic acids is 2. The molecule has 3 heterocycles. The molecule has 0 atom stereocenters. The Balaban J connectivity index is 1.42. The maximum Gasteiger partial charge on any atom is 0.272 e. The summed E-state index contributed by atoms with van der Waals surface area (Å²) in [5.41, 5.74) is 3.49. The normalized spacial score (nSPS) is 10.9. The molecule has 0 radical (unpaired) electrons. The molecule has 0 saturated heterocycles. The van der Waals surface area contributed by atoms with Crippen molar-refractivity contribution in [2.45, 2.75) is 0 Å². The molecule has 0 fully saturated rings. The molecule has 2 amide bonds. The fraction of sp³-hybridized carbons (Fsp3) is 0.0435. The standard InChI is InChI=1S/C23H17BrN8O2/c1-32-19-11-16(26-22(33)14-3-2-8-25-12-14)6-4-13(19)9-20(32)23(34)27-18-7-5-15(24)10-17(18)21-28-30-31-29-21/h2-12H,1H3,(H,26,33)(H,27,34)(H,28,29,30,31). The van der Waals surface area contributed by atoms with Gasteiger partial charge in [0.2, 0.25) is 5.82 Å². The molecule has 0 aliphatic heterocycles. The summed E-state index contributed by atoms with van der Waals surface area (Å²) in [6.07, 6.45) is 3.11.